The largest absolute Gasteiger partial charge is 0.494 e. The van der Waals surface area contributed by atoms with Crippen LogP contribution in [0.2, 0.25) is 0 Å². The molecule has 9 heteroatoms. The molecule has 0 saturated heterocycles. The predicted molar refractivity (Wildman–Crippen MR) is 143 cm³/mol. The predicted octanol–water partition coefficient (Wildman–Crippen LogP) is 6.40. The number of nitrogens with zero attached hydrogens (tertiary/aromatic N) is 2. The molecule has 1 heterocycles. The average Bonchev–Trinajstić information content (AvgIpc) is 3.27. The second-order valence-corrected chi connectivity index (χ2v) is 12.1. The Hall–Kier alpha value is -2.26. The van der Waals surface area contributed by atoms with Gasteiger partial charge >= 0.3 is 12.0 Å². The Morgan fingerprint density at radius 3 is 2.54 bits per heavy atom. The van der Waals surface area contributed by atoms with Gasteiger partial charge in [0.05, 0.1) is 22.4 Å². The third-order valence-electron chi connectivity index (χ3n) is 6.42. The van der Waals surface area contributed by atoms with Gasteiger partial charge in [0.25, 0.3) is 0 Å². The minimum atomic E-state index is -0.826. The van der Waals surface area contributed by atoms with E-state index in [1.807, 2.05) is 24.0 Å². The molecule has 1 aromatic heterocycles. The summed E-state index contributed by atoms with van der Waals surface area (Å²) in [5.41, 5.74) is 0.345. The van der Waals surface area contributed by atoms with E-state index in [2.05, 4.69) is 29.4 Å². The van der Waals surface area contributed by atoms with Crippen LogP contribution in [0.3, 0.4) is 0 Å². The number of aliphatic carboxylic acids is 1. The number of amides is 2. The Morgan fingerprint density at radius 2 is 1.91 bits per heavy atom. The molecule has 2 amide bonds. The van der Waals surface area contributed by atoms with Crippen LogP contribution in [-0.2, 0) is 11.2 Å². The van der Waals surface area contributed by atoms with Crippen molar-refractivity contribution < 1.29 is 19.4 Å². The van der Waals surface area contributed by atoms with Gasteiger partial charge in [-0.25, -0.2) is 9.78 Å². The van der Waals surface area contributed by atoms with Crippen molar-refractivity contribution in [3.05, 3.63) is 36.0 Å². The van der Waals surface area contributed by atoms with Crippen molar-refractivity contribution >= 4 is 40.2 Å². The van der Waals surface area contributed by atoms with Gasteiger partial charge in [0.1, 0.15) is 5.75 Å². The van der Waals surface area contributed by atoms with Crippen LogP contribution in [0.4, 0.5) is 9.93 Å². The van der Waals surface area contributed by atoms with E-state index in [4.69, 9.17) is 4.74 Å². The second-order valence-electron chi connectivity index (χ2n) is 9.83. The number of thiazole rings is 1. The minimum absolute atomic E-state index is 0.118. The summed E-state index contributed by atoms with van der Waals surface area (Å²) in [6.07, 6.45) is 6.77. The molecule has 0 unspecified atom stereocenters. The molecule has 2 aromatic rings. The van der Waals surface area contributed by atoms with Crippen LogP contribution in [0.15, 0.2) is 34.7 Å². The van der Waals surface area contributed by atoms with Gasteiger partial charge in [-0.3, -0.25) is 10.1 Å². The highest BCUT2D eigenvalue weighted by molar-refractivity contribution is 8.01. The molecule has 35 heavy (non-hydrogen) atoms. The molecule has 1 fully saturated rings. The number of carbonyl (C=O) groups excluding carboxylic acids is 1. The molecule has 2 N–H and O–H groups in total. The Kier molecular flexibility index (Phi) is 9.86. The van der Waals surface area contributed by atoms with Crippen LogP contribution in [0.25, 0.3) is 0 Å². The monoisotopic (exact) mass is 519 g/mol. The van der Waals surface area contributed by atoms with E-state index in [0.717, 1.165) is 42.1 Å². The number of hydrogen-bond acceptors (Lipinski definition) is 6. The molecule has 7 nitrogen and oxygen atoms in total. The molecule has 0 bridgehead atoms. The zero-order chi connectivity index (χ0) is 25.4. The van der Waals surface area contributed by atoms with Crippen molar-refractivity contribution in [2.24, 2.45) is 11.3 Å². The van der Waals surface area contributed by atoms with Crippen molar-refractivity contribution in [3.8, 4) is 5.75 Å². The molecular formula is C26H37N3O4S2. The summed E-state index contributed by atoms with van der Waals surface area (Å²) >= 11 is 2.84. The third-order valence-corrected chi connectivity index (χ3v) is 8.98. The number of carboxylic acids is 1. The first-order valence-corrected chi connectivity index (χ1v) is 14.1. The Morgan fingerprint density at radius 1 is 1.23 bits per heavy atom. The van der Waals surface area contributed by atoms with Gasteiger partial charge in [-0.05, 0) is 76.5 Å². The Labute approximate surface area is 216 Å². The molecule has 0 atom stereocenters. The smallest absolute Gasteiger partial charge is 0.323 e. The van der Waals surface area contributed by atoms with E-state index in [-0.39, 0.29) is 12.1 Å². The first-order valence-electron chi connectivity index (χ1n) is 12.3. The van der Waals surface area contributed by atoms with Crippen LogP contribution < -0.4 is 10.1 Å². The highest BCUT2D eigenvalue weighted by atomic mass is 32.2. The van der Waals surface area contributed by atoms with Gasteiger partial charge in [0.2, 0.25) is 0 Å². The number of anilines is 1. The summed E-state index contributed by atoms with van der Waals surface area (Å²) < 4.78 is 6.43. The van der Waals surface area contributed by atoms with Gasteiger partial charge in [-0.1, -0.05) is 30.4 Å². The van der Waals surface area contributed by atoms with Crippen LogP contribution in [0.5, 0.6) is 5.75 Å². The fourth-order valence-corrected chi connectivity index (χ4v) is 5.98. The summed E-state index contributed by atoms with van der Waals surface area (Å²) in [5.74, 6) is 1.17. The summed E-state index contributed by atoms with van der Waals surface area (Å²) in [6, 6.07) is 8.18. The number of rotatable bonds is 11. The van der Waals surface area contributed by atoms with Gasteiger partial charge < -0.3 is 14.7 Å². The van der Waals surface area contributed by atoms with E-state index < -0.39 is 11.4 Å². The van der Waals surface area contributed by atoms with Gasteiger partial charge in [-0.2, -0.15) is 0 Å². The van der Waals surface area contributed by atoms with Crippen molar-refractivity contribution in [3.63, 3.8) is 0 Å². The number of ether oxygens (including phenoxy) is 1. The number of carboxylic acid groups (broad SMARTS) is 1. The first kappa shape index (κ1) is 27.3. The Bertz CT molecular complexity index is 969. The lowest BCUT2D eigenvalue weighted by Gasteiger charge is -2.36. The number of aromatic nitrogens is 1. The maximum atomic E-state index is 13.3. The van der Waals surface area contributed by atoms with E-state index >= 15 is 0 Å². The molecule has 1 saturated carbocycles. The Balaban J connectivity index is 1.63. The van der Waals surface area contributed by atoms with E-state index in [0.29, 0.717) is 30.0 Å². The summed E-state index contributed by atoms with van der Waals surface area (Å²) in [5, 5.41) is 12.9. The van der Waals surface area contributed by atoms with Gasteiger partial charge in [-0.15, -0.1) is 11.8 Å². The fraction of sp³-hybridized carbons (Fsp3) is 0.577. The van der Waals surface area contributed by atoms with Crippen molar-refractivity contribution in [1.82, 2.24) is 9.88 Å². The average molecular weight is 520 g/mol. The fourth-order valence-electron chi connectivity index (χ4n) is 4.03. The van der Waals surface area contributed by atoms with Gasteiger partial charge in [0.15, 0.2) is 5.13 Å². The maximum Gasteiger partial charge on any atom is 0.323 e. The third kappa shape index (κ3) is 8.14. The van der Waals surface area contributed by atoms with E-state index in [9.17, 15) is 14.7 Å². The van der Waals surface area contributed by atoms with Crippen molar-refractivity contribution in [2.45, 2.75) is 70.1 Å². The number of benzene rings is 1. The molecular weight excluding hydrogens is 482 g/mol. The quantitative estimate of drug-likeness (QED) is 0.334. The molecule has 0 spiro atoms. The second kappa shape index (κ2) is 12.6. The molecule has 0 aliphatic heterocycles. The molecule has 0 radical (unpaired) electrons. The maximum absolute atomic E-state index is 13.3. The normalized spacial score (nSPS) is 18.2. The van der Waals surface area contributed by atoms with E-state index in [1.54, 1.807) is 20.0 Å². The number of hydrogen-bond donors (Lipinski definition) is 2. The van der Waals surface area contributed by atoms with Crippen LogP contribution >= 0.6 is 23.1 Å². The van der Waals surface area contributed by atoms with E-state index in [1.165, 1.54) is 28.7 Å². The highest BCUT2D eigenvalue weighted by Crippen LogP contribution is 2.34. The number of nitrogens with one attached hydrogen (secondary N) is 1. The van der Waals surface area contributed by atoms with Crippen LogP contribution in [0.1, 0.15) is 58.9 Å². The van der Waals surface area contributed by atoms with Crippen molar-refractivity contribution in [2.75, 3.05) is 24.2 Å². The lowest BCUT2D eigenvalue weighted by Crippen LogP contribution is -2.45. The standard InChI is InChI=1S/C26H37N3O4S2/c1-5-33-21-12-8-19(9-13-21)14-15-29(20-10-6-18(2)7-11-20)25(32)28-24-27-16-22(35-24)34-17-26(3,4)23(30)31/h8-9,12-13,16,18,20H,5-7,10-11,14-15,17H2,1-4H3,(H,30,31)(H,27,28,32)/t18-,20-. The number of carbonyl (C=O) groups is 2. The van der Waals surface area contributed by atoms with Crippen molar-refractivity contribution in [1.29, 1.82) is 0 Å². The molecule has 1 aliphatic rings. The summed E-state index contributed by atoms with van der Waals surface area (Å²) in [4.78, 5) is 31.0. The lowest BCUT2D eigenvalue weighted by molar-refractivity contribution is -0.145. The lowest BCUT2D eigenvalue weighted by atomic mass is 9.86. The summed E-state index contributed by atoms with van der Waals surface area (Å²) in [6.45, 7) is 8.94. The zero-order valence-corrected chi connectivity index (χ0v) is 22.7. The van der Waals surface area contributed by atoms with Gasteiger partial charge in [0, 0.05) is 18.3 Å². The molecule has 1 aliphatic carbocycles. The minimum Gasteiger partial charge on any atom is -0.494 e. The highest BCUT2D eigenvalue weighted by Gasteiger charge is 2.29. The molecule has 3 rings (SSSR count). The summed E-state index contributed by atoms with van der Waals surface area (Å²) in [7, 11) is 0. The zero-order valence-electron chi connectivity index (χ0n) is 21.1. The topological polar surface area (TPSA) is 91.8 Å². The number of urea groups is 1. The molecule has 192 valence electrons. The van der Waals surface area contributed by atoms with Crippen LogP contribution in [-0.4, -0.2) is 51.9 Å². The first-order chi connectivity index (χ1) is 16.7. The SMILES string of the molecule is CCOc1ccc(CCN(C(=O)Nc2ncc(SCC(C)(C)C(=O)O)s2)[C@H]2CC[C@H](C)CC2)cc1. The number of thioether (sulfide) groups is 1. The van der Waals surface area contributed by atoms with Crippen LogP contribution in [0, 0.1) is 11.3 Å². The molecule has 1 aromatic carbocycles.